The van der Waals surface area contributed by atoms with E-state index in [0.29, 0.717) is 18.1 Å². The molecule has 0 aromatic rings. The van der Waals surface area contributed by atoms with E-state index in [4.69, 9.17) is 5.11 Å². The Labute approximate surface area is 114 Å². The molecule has 0 bridgehead atoms. The van der Waals surface area contributed by atoms with Crippen molar-refractivity contribution in [2.75, 3.05) is 12.4 Å². The van der Waals surface area contributed by atoms with Gasteiger partial charge in [0, 0.05) is 17.9 Å². The highest BCUT2D eigenvalue weighted by Crippen LogP contribution is 2.38. The van der Waals surface area contributed by atoms with E-state index >= 15 is 0 Å². The standard InChI is InChI=1S/C13H25NO3S/c1-9(2)14-13(12(16)17)5-4-11(6-13)18-8-10(3)7-15/h9-11,14-15H,4-8H2,1-3H3,(H,16,17). The van der Waals surface area contributed by atoms with Crippen LogP contribution in [0.15, 0.2) is 0 Å². The maximum Gasteiger partial charge on any atom is 0.323 e. The van der Waals surface area contributed by atoms with Crippen molar-refractivity contribution in [3.63, 3.8) is 0 Å². The van der Waals surface area contributed by atoms with Gasteiger partial charge in [0.25, 0.3) is 0 Å². The van der Waals surface area contributed by atoms with Crippen LogP contribution in [-0.2, 0) is 4.79 Å². The van der Waals surface area contributed by atoms with Crippen LogP contribution in [0.1, 0.15) is 40.0 Å². The van der Waals surface area contributed by atoms with Crippen LogP contribution in [0.3, 0.4) is 0 Å². The second kappa shape index (κ2) is 6.78. The number of aliphatic hydroxyl groups is 1. The van der Waals surface area contributed by atoms with Crippen molar-refractivity contribution in [3.8, 4) is 0 Å². The smallest absolute Gasteiger partial charge is 0.323 e. The van der Waals surface area contributed by atoms with Crippen molar-refractivity contribution in [2.45, 2.75) is 56.9 Å². The summed E-state index contributed by atoms with van der Waals surface area (Å²) in [5.41, 5.74) is -0.742. The van der Waals surface area contributed by atoms with Crippen LogP contribution in [0.4, 0.5) is 0 Å². The molecule has 0 heterocycles. The lowest BCUT2D eigenvalue weighted by molar-refractivity contribution is -0.145. The summed E-state index contributed by atoms with van der Waals surface area (Å²) < 4.78 is 0. The van der Waals surface area contributed by atoms with Crippen molar-refractivity contribution in [1.29, 1.82) is 0 Å². The number of hydrogen-bond acceptors (Lipinski definition) is 4. The molecular weight excluding hydrogens is 250 g/mol. The molecule has 106 valence electrons. The van der Waals surface area contributed by atoms with Crippen LogP contribution in [0.25, 0.3) is 0 Å². The minimum Gasteiger partial charge on any atom is -0.480 e. The Morgan fingerprint density at radius 2 is 2.17 bits per heavy atom. The monoisotopic (exact) mass is 275 g/mol. The third kappa shape index (κ3) is 4.14. The Kier molecular flexibility index (Phi) is 5.95. The third-order valence-corrected chi connectivity index (χ3v) is 5.01. The molecule has 3 unspecified atom stereocenters. The molecule has 1 fully saturated rings. The minimum absolute atomic E-state index is 0.182. The van der Waals surface area contributed by atoms with Crippen LogP contribution in [0.2, 0.25) is 0 Å². The summed E-state index contributed by atoms with van der Waals surface area (Å²) in [4.78, 5) is 11.5. The highest BCUT2D eigenvalue weighted by atomic mass is 32.2. The first-order chi connectivity index (χ1) is 8.39. The summed E-state index contributed by atoms with van der Waals surface area (Å²) in [5, 5.41) is 22.1. The third-order valence-electron chi connectivity index (χ3n) is 3.37. The molecule has 0 aromatic carbocycles. The van der Waals surface area contributed by atoms with Crippen LogP contribution in [-0.4, -0.2) is 45.4 Å². The van der Waals surface area contributed by atoms with Crippen LogP contribution in [0.5, 0.6) is 0 Å². The molecular formula is C13H25NO3S. The molecule has 1 aliphatic rings. The van der Waals surface area contributed by atoms with Crippen LogP contribution < -0.4 is 5.32 Å². The van der Waals surface area contributed by atoms with Crippen LogP contribution >= 0.6 is 11.8 Å². The summed E-state index contributed by atoms with van der Waals surface area (Å²) in [5.74, 6) is 0.459. The highest BCUT2D eigenvalue weighted by Gasteiger charge is 2.45. The molecule has 0 spiro atoms. The lowest BCUT2D eigenvalue weighted by Gasteiger charge is -2.28. The van der Waals surface area contributed by atoms with Gasteiger partial charge in [-0.05, 0) is 44.8 Å². The molecule has 3 N–H and O–H groups in total. The van der Waals surface area contributed by atoms with Crippen molar-refractivity contribution < 1.29 is 15.0 Å². The van der Waals surface area contributed by atoms with Gasteiger partial charge in [0.15, 0.2) is 0 Å². The number of rotatable bonds is 7. The first-order valence-corrected chi connectivity index (χ1v) is 7.68. The second-order valence-electron chi connectivity index (χ2n) is 5.67. The average molecular weight is 275 g/mol. The molecule has 0 amide bonds. The number of thioether (sulfide) groups is 1. The fourth-order valence-electron chi connectivity index (χ4n) is 2.44. The zero-order chi connectivity index (χ0) is 13.8. The number of aliphatic hydroxyl groups excluding tert-OH is 1. The van der Waals surface area contributed by atoms with Crippen molar-refractivity contribution in [2.24, 2.45) is 5.92 Å². The first kappa shape index (κ1) is 15.8. The second-order valence-corrected chi connectivity index (χ2v) is 7.01. The quantitative estimate of drug-likeness (QED) is 0.660. The molecule has 4 nitrogen and oxygen atoms in total. The first-order valence-electron chi connectivity index (χ1n) is 6.63. The van der Waals surface area contributed by atoms with Crippen molar-refractivity contribution in [1.82, 2.24) is 5.32 Å². The van der Waals surface area contributed by atoms with E-state index in [-0.39, 0.29) is 18.6 Å². The highest BCUT2D eigenvalue weighted by molar-refractivity contribution is 7.99. The van der Waals surface area contributed by atoms with E-state index < -0.39 is 11.5 Å². The Balaban J connectivity index is 2.52. The lowest BCUT2D eigenvalue weighted by Crippen LogP contribution is -2.53. The molecule has 18 heavy (non-hydrogen) atoms. The number of aliphatic carboxylic acids is 1. The van der Waals surface area contributed by atoms with E-state index in [0.717, 1.165) is 12.2 Å². The van der Waals surface area contributed by atoms with Crippen LogP contribution in [0, 0.1) is 5.92 Å². The Morgan fingerprint density at radius 1 is 1.50 bits per heavy atom. The predicted octanol–water partition coefficient (Wildman–Crippen LogP) is 1.72. The van der Waals surface area contributed by atoms with Gasteiger partial charge in [0.05, 0.1) is 0 Å². The molecule has 1 saturated carbocycles. The van der Waals surface area contributed by atoms with Gasteiger partial charge in [-0.25, -0.2) is 0 Å². The largest absolute Gasteiger partial charge is 0.480 e. The molecule has 0 aromatic heterocycles. The number of hydrogen-bond donors (Lipinski definition) is 3. The van der Waals surface area contributed by atoms with Gasteiger partial charge in [-0.3, -0.25) is 10.1 Å². The SMILES string of the molecule is CC(CO)CSC1CCC(NC(C)C)(C(=O)O)C1. The van der Waals surface area contributed by atoms with Crippen molar-refractivity contribution >= 4 is 17.7 Å². The molecule has 1 aliphatic carbocycles. The van der Waals surface area contributed by atoms with Crippen molar-refractivity contribution in [3.05, 3.63) is 0 Å². The molecule has 0 radical (unpaired) electrons. The van der Waals surface area contributed by atoms with E-state index in [9.17, 15) is 9.90 Å². The summed E-state index contributed by atoms with van der Waals surface area (Å²) in [6.45, 7) is 6.19. The van der Waals surface area contributed by atoms with E-state index in [2.05, 4.69) is 5.32 Å². The molecule has 5 heteroatoms. The average Bonchev–Trinajstić information content (AvgIpc) is 2.70. The lowest BCUT2D eigenvalue weighted by atomic mass is 9.97. The van der Waals surface area contributed by atoms with Gasteiger partial charge in [-0.15, -0.1) is 0 Å². The fourth-order valence-corrected chi connectivity index (χ4v) is 3.83. The maximum atomic E-state index is 11.5. The fraction of sp³-hybridized carbons (Fsp3) is 0.923. The summed E-state index contributed by atoms with van der Waals surface area (Å²) in [6, 6.07) is 0.182. The van der Waals surface area contributed by atoms with E-state index in [1.54, 1.807) is 11.8 Å². The molecule has 3 atom stereocenters. The molecule has 0 aliphatic heterocycles. The number of carboxylic acids is 1. The summed E-state index contributed by atoms with van der Waals surface area (Å²) >= 11 is 1.80. The van der Waals surface area contributed by atoms with Gasteiger partial charge >= 0.3 is 5.97 Å². The van der Waals surface area contributed by atoms with E-state index in [1.807, 2.05) is 20.8 Å². The maximum absolute atomic E-state index is 11.5. The topological polar surface area (TPSA) is 69.6 Å². The zero-order valence-corrected chi connectivity index (χ0v) is 12.3. The zero-order valence-electron chi connectivity index (χ0n) is 11.5. The summed E-state index contributed by atoms with van der Waals surface area (Å²) in [6.07, 6.45) is 2.32. The molecule has 1 rings (SSSR count). The number of carbonyl (C=O) groups is 1. The van der Waals surface area contributed by atoms with Gasteiger partial charge in [0.1, 0.15) is 5.54 Å². The summed E-state index contributed by atoms with van der Waals surface area (Å²) in [7, 11) is 0. The van der Waals surface area contributed by atoms with Gasteiger partial charge in [-0.1, -0.05) is 6.92 Å². The Hall–Kier alpha value is -0.260. The van der Waals surface area contributed by atoms with E-state index in [1.165, 1.54) is 0 Å². The minimum atomic E-state index is -0.742. The Morgan fingerprint density at radius 3 is 2.67 bits per heavy atom. The molecule has 0 saturated heterocycles. The number of nitrogens with one attached hydrogen (secondary N) is 1. The predicted molar refractivity (Wildman–Crippen MR) is 75.0 cm³/mol. The normalized spacial score (nSPS) is 29.7. The van der Waals surface area contributed by atoms with Gasteiger partial charge in [-0.2, -0.15) is 11.8 Å². The van der Waals surface area contributed by atoms with Gasteiger partial charge in [0.2, 0.25) is 0 Å². The Bertz CT molecular complexity index is 285. The number of carboxylic acid groups (broad SMARTS) is 1. The van der Waals surface area contributed by atoms with Gasteiger partial charge < -0.3 is 10.2 Å².